The van der Waals surface area contributed by atoms with Gasteiger partial charge in [0.1, 0.15) is 11.4 Å². The van der Waals surface area contributed by atoms with Crippen LogP contribution in [-0.4, -0.2) is 15.9 Å². The molecule has 102 valence electrons. The van der Waals surface area contributed by atoms with Crippen LogP contribution in [0, 0.1) is 0 Å². The molecule has 1 heterocycles. The van der Waals surface area contributed by atoms with Crippen molar-refractivity contribution >= 4 is 5.69 Å². The molecule has 0 aliphatic heterocycles. The van der Waals surface area contributed by atoms with Gasteiger partial charge in [0, 0.05) is 6.20 Å². The zero-order chi connectivity index (χ0) is 14.0. The number of anilines is 1. The Balaban J connectivity index is 2.38. The molecule has 4 heteroatoms. The molecule has 0 aliphatic rings. The Morgan fingerprint density at radius 2 is 1.89 bits per heavy atom. The van der Waals surface area contributed by atoms with Crippen LogP contribution in [0.4, 0.5) is 5.69 Å². The van der Waals surface area contributed by atoms with Gasteiger partial charge in [0.15, 0.2) is 0 Å². The van der Waals surface area contributed by atoms with Crippen molar-refractivity contribution in [2.75, 3.05) is 5.73 Å². The second kappa shape index (κ2) is 5.34. The zero-order valence-corrected chi connectivity index (χ0v) is 11.9. The van der Waals surface area contributed by atoms with Crippen molar-refractivity contribution in [2.45, 2.75) is 39.7 Å². The maximum absolute atomic E-state index is 6.16. The highest BCUT2D eigenvalue weighted by Crippen LogP contribution is 2.29. The minimum absolute atomic E-state index is 0.0985. The van der Waals surface area contributed by atoms with Gasteiger partial charge in [-0.1, -0.05) is 19.9 Å². The van der Waals surface area contributed by atoms with Crippen LogP contribution in [0.3, 0.4) is 0 Å². The van der Waals surface area contributed by atoms with Crippen LogP contribution in [0.1, 0.15) is 39.3 Å². The van der Waals surface area contributed by atoms with E-state index in [1.54, 1.807) is 4.68 Å². The van der Waals surface area contributed by atoms with Crippen LogP contribution in [0.2, 0.25) is 0 Å². The Morgan fingerprint density at radius 3 is 2.47 bits per heavy atom. The predicted molar refractivity (Wildman–Crippen MR) is 77.8 cm³/mol. The lowest BCUT2D eigenvalue weighted by atomic mass is 10.1. The first-order valence-corrected chi connectivity index (χ1v) is 6.60. The summed E-state index contributed by atoms with van der Waals surface area (Å²) >= 11 is 0. The van der Waals surface area contributed by atoms with E-state index in [1.165, 1.54) is 0 Å². The van der Waals surface area contributed by atoms with Gasteiger partial charge in [-0.15, -0.1) is 0 Å². The van der Waals surface area contributed by atoms with E-state index in [2.05, 4.69) is 18.9 Å². The average Bonchev–Trinajstić information content (AvgIpc) is 2.80. The molecule has 0 saturated carbocycles. The highest BCUT2D eigenvalue weighted by Gasteiger charge is 2.11. The van der Waals surface area contributed by atoms with E-state index in [0.29, 0.717) is 17.4 Å². The second-order valence-corrected chi connectivity index (χ2v) is 5.20. The normalized spacial score (nSPS) is 11.3. The number of nitrogens with zero attached hydrogens (tertiary/aromatic N) is 2. The molecule has 0 aliphatic carbocycles. The molecular weight excluding hydrogens is 238 g/mol. The molecule has 0 radical (unpaired) electrons. The molecule has 0 unspecified atom stereocenters. The lowest BCUT2D eigenvalue weighted by molar-refractivity contribution is 0.244. The molecule has 2 N–H and O–H groups in total. The van der Waals surface area contributed by atoms with Crippen LogP contribution in [-0.2, 0) is 0 Å². The molecule has 4 nitrogen and oxygen atoms in total. The summed E-state index contributed by atoms with van der Waals surface area (Å²) in [5, 5.41) is 4.54. The topological polar surface area (TPSA) is 53.1 Å². The van der Waals surface area contributed by atoms with E-state index in [9.17, 15) is 0 Å². The third-order valence-electron chi connectivity index (χ3n) is 2.85. The number of hydrogen-bond donors (Lipinski definition) is 1. The van der Waals surface area contributed by atoms with Gasteiger partial charge in [-0.2, -0.15) is 5.10 Å². The van der Waals surface area contributed by atoms with Crippen molar-refractivity contribution in [1.82, 2.24) is 9.78 Å². The van der Waals surface area contributed by atoms with Crippen molar-refractivity contribution in [2.24, 2.45) is 0 Å². The van der Waals surface area contributed by atoms with Gasteiger partial charge in [-0.25, -0.2) is 4.68 Å². The fourth-order valence-corrected chi connectivity index (χ4v) is 1.87. The Morgan fingerprint density at radius 1 is 1.16 bits per heavy atom. The number of nitrogens with two attached hydrogens (primary N) is 1. The minimum Gasteiger partial charge on any atom is -0.489 e. The van der Waals surface area contributed by atoms with E-state index in [4.69, 9.17) is 10.5 Å². The van der Waals surface area contributed by atoms with Crippen LogP contribution in [0.25, 0.3) is 5.69 Å². The summed E-state index contributed by atoms with van der Waals surface area (Å²) in [5.74, 6) is 1.10. The maximum Gasteiger partial charge on any atom is 0.144 e. The van der Waals surface area contributed by atoms with Gasteiger partial charge < -0.3 is 10.5 Å². The Kier molecular flexibility index (Phi) is 3.79. The molecule has 0 atom stereocenters. The first-order valence-electron chi connectivity index (χ1n) is 6.60. The van der Waals surface area contributed by atoms with E-state index in [1.807, 2.05) is 44.3 Å². The largest absolute Gasteiger partial charge is 0.489 e. The molecule has 2 rings (SSSR count). The average molecular weight is 259 g/mol. The van der Waals surface area contributed by atoms with Crippen molar-refractivity contribution < 1.29 is 4.74 Å². The van der Waals surface area contributed by atoms with Gasteiger partial charge in [0.2, 0.25) is 0 Å². The molecule has 19 heavy (non-hydrogen) atoms. The van der Waals surface area contributed by atoms with Crippen LogP contribution >= 0.6 is 0 Å². The molecule has 1 aromatic heterocycles. The highest BCUT2D eigenvalue weighted by atomic mass is 16.5. The Labute approximate surface area is 114 Å². The van der Waals surface area contributed by atoms with Crippen molar-refractivity contribution in [3.8, 4) is 11.4 Å². The summed E-state index contributed by atoms with van der Waals surface area (Å²) < 4.78 is 7.50. The molecule has 0 bridgehead atoms. The maximum atomic E-state index is 6.16. The van der Waals surface area contributed by atoms with Gasteiger partial charge in [0.25, 0.3) is 0 Å². The second-order valence-electron chi connectivity index (χ2n) is 5.20. The van der Waals surface area contributed by atoms with Gasteiger partial charge in [-0.3, -0.25) is 0 Å². The number of para-hydroxylation sites is 1. The molecule has 0 amide bonds. The molecule has 1 aromatic carbocycles. The highest BCUT2D eigenvalue weighted by molar-refractivity contribution is 5.66. The van der Waals surface area contributed by atoms with Crippen molar-refractivity contribution in [3.05, 3.63) is 36.2 Å². The Hall–Kier alpha value is -1.97. The third-order valence-corrected chi connectivity index (χ3v) is 2.85. The minimum atomic E-state index is 0.0985. The first-order chi connectivity index (χ1) is 8.99. The number of benzene rings is 1. The summed E-state index contributed by atoms with van der Waals surface area (Å²) in [4.78, 5) is 0. The Bertz CT molecular complexity index is 558. The summed E-state index contributed by atoms with van der Waals surface area (Å²) in [6.45, 7) is 8.20. The van der Waals surface area contributed by atoms with E-state index >= 15 is 0 Å². The number of ether oxygens (including phenoxy) is 1. The number of rotatable bonds is 4. The molecular formula is C15H21N3O. The van der Waals surface area contributed by atoms with E-state index in [0.717, 1.165) is 11.4 Å². The zero-order valence-electron chi connectivity index (χ0n) is 11.9. The monoisotopic (exact) mass is 259 g/mol. The molecule has 0 saturated heterocycles. The third kappa shape index (κ3) is 2.89. The van der Waals surface area contributed by atoms with Gasteiger partial charge in [0.05, 0.1) is 17.5 Å². The van der Waals surface area contributed by atoms with Crippen molar-refractivity contribution in [1.29, 1.82) is 0 Å². The van der Waals surface area contributed by atoms with Gasteiger partial charge >= 0.3 is 0 Å². The number of hydrogen-bond acceptors (Lipinski definition) is 3. The molecule has 0 fully saturated rings. The SMILES string of the molecule is CC(C)Oc1cccc(-n2ccc(C(C)C)n2)c1N. The summed E-state index contributed by atoms with van der Waals surface area (Å²) in [6, 6.07) is 7.77. The van der Waals surface area contributed by atoms with E-state index < -0.39 is 0 Å². The lowest BCUT2D eigenvalue weighted by Gasteiger charge is -2.14. The molecule has 2 aromatic rings. The van der Waals surface area contributed by atoms with Crippen LogP contribution in [0.5, 0.6) is 5.75 Å². The fraction of sp³-hybridized carbons (Fsp3) is 0.400. The standard InChI is InChI=1S/C15H21N3O/c1-10(2)12-8-9-18(17-12)13-6-5-7-14(15(13)16)19-11(3)4/h5-11H,16H2,1-4H3. The van der Waals surface area contributed by atoms with Crippen LogP contribution in [0.15, 0.2) is 30.5 Å². The first kappa shape index (κ1) is 13.5. The summed E-state index contributed by atoms with van der Waals surface area (Å²) in [6.07, 6.45) is 2.03. The predicted octanol–water partition coefficient (Wildman–Crippen LogP) is 3.37. The van der Waals surface area contributed by atoms with Crippen molar-refractivity contribution in [3.63, 3.8) is 0 Å². The van der Waals surface area contributed by atoms with Gasteiger partial charge in [-0.05, 0) is 38.0 Å². The smallest absolute Gasteiger partial charge is 0.144 e. The summed E-state index contributed by atoms with van der Waals surface area (Å²) in [7, 11) is 0. The summed E-state index contributed by atoms with van der Waals surface area (Å²) in [5.41, 5.74) is 8.69. The molecule has 0 spiro atoms. The fourth-order valence-electron chi connectivity index (χ4n) is 1.87. The van der Waals surface area contributed by atoms with E-state index in [-0.39, 0.29) is 6.10 Å². The quantitative estimate of drug-likeness (QED) is 0.856. The number of nitrogen functional groups attached to an aromatic ring is 1. The number of aromatic nitrogens is 2. The van der Waals surface area contributed by atoms with Crippen LogP contribution < -0.4 is 10.5 Å². The lowest BCUT2D eigenvalue weighted by Crippen LogP contribution is -2.09.